The van der Waals surface area contributed by atoms with Crippen molar-refractivity contribution in [3.63, 3.8) is 0 Å². The van der Waals surface area contributed by atoms with Crippen molar-refractivity contribution >= 4 is 17.2 Å². The van der Waals surface area contributed by atoms with Gasteiger partial charge in [-0.05, 0) is 24.3 Å². The maximum atomic E-state index is 11.7. The highest BCUT2D eigenvalue weighted by Gasteiger charge is 2.07. The highest BCUT2D eigenvalue weighted by molar-refractivity contribution is 5.56. The number of aromatic amines is 2. The summed E-state index contributed by atoms with van der Waals surface area (Å²) in [5.74, 6) is 0.947. The van der Waals surface area contributed by atoms with Crippen LogP contribution in [-0.4, -0.2) is 9.97 Å². The van der Waals surface area contributed by atoms with E-state index in [0.29, 0.717) is 17.2 Å². The molecular weight excluding hydrogens is 310 g/mol. The largest absolute Gasteiger partial charge is 0.455 e. The van der Waals surface area contributed by atoms with Crippen LogP contribution in [0.2, 0.25) is 0 Å². The lowest BCUT2D eigenvalue weighted by Gasteiger charge is -2.07. The lowest BCUT2D eigenvalue weighted by molar-refractivity contribution is 0.483. The molecule has 3 rings (SSSR count). The van der Waals surface area contributed by atoms with Crippen molar-refractivity contribution in [2.45, 2.75) is 0 Å². The van der Waals surface area contributed by atoms with Gasteiger partial charge in [0.25, 0.3) is 5.56 Å². The number of azo groups is 1. The number of benzene rings is 2. The van der Waals surface area contributed by atoms with Gasteiger partial charge in [0.1, 0.15) is 17.3 Å². The second kappa shape index (κ2) is 6.61. The molecule has 0 saturated carbocycles. The predicted octanol–water partition coefficient (Wildman–Crippen LogP) is 2.85. The maximum absolute atomic E-state index is 11.7. The Kier molecular flexibility index (Phi) is 4.19. The number of nitrogens with zero attached hydrogens (tertiary/aromatic N) is 2. The molecule has 3 aromatic rings. The van der Waals surface area contributed by atoms with Crippen LogP contribution in [0.1, 0.15) is 0 Å². The Labute approximate surface area is 135 Å². The van der Waals surface area contributed by atoms with Crippen LogP contribution in [0.25, 0.3) is 0 Å². The van der Waals surface area contributed by atoms with E-state index in [0.717, 1.165) is 0 Å². The molecule has 0 unspecified atom stereocenters. The monoisotopic (exact) mass is 323 g/mol. The summed E-state index contributed by atoms with van der Waals surface area (Å²) in [6.45, 7) is 0. The smallest absolute Gasteiger partial charge is 0.327 e. The summed E-state index contributed by atoms with van der Waals surface area (Å²) in [6.07, 6.45) is 0. The van der Waals surface area contributed by atoms with Crippen LogP contribution in [0, 0.1) is 0 Å². The molecule has 0 aliphatic carbocycles. The van der Waals surface area contributed by atoms with E-state index in [1.54, 1.807) is 36.4 Å². The highest BCUT2D eigenvalue weighted by Crippen LogP contribution is 2.32. The van der Waals surface area contributed by atoms with E-state index >= 15 is 0 Å². The van der Waals surface area contributed by atoms with E-state index < -0.39 is 11.2 Å². The minimum Gasteiger partial charge on any atom is -0.455 e. The number of nitrogen functional groups attached to an aromatic ring is 1. The van der Waals surface area contributed by atoms with Gasteiger partial charge in [0, 0.05) is 0 Å². The number of para-hydroxylation sites is 2. The minimum absolute atomic E-state index is 0.158. The van der Waals surface area contributed by atoms with E-state index in [9.17, 15) is 9.59 Å². The molecule has 0 saturated heterocycles. The molecule has 120 valence electrons. The van der Waals surface area contributed by atoms with Crippen LogP contribution in [0.15, 0.2) is 74.4 Å². The van der Waals surface area contributed by atoms with Gasteiger partial charge < -0.3 is 10.5 Å². The Morgan fingerprint density at radius 1 is 0.875 bits per heavy atom. The Bertz CT molecular complexity index is 992. The third-order valence-electron chi connectivity index (χ3n) is 3.04. The van der Waals surface area contributed by atoms with Crippen LogP contribution in [-0.2, 0) is 0 Å². The molecular formula is C16H13N5O3. The number of H-pyrrole nitrogens is 2. The van der Waals surface area contributed by atoms with Gasteiger partial charge in [-0.15, -0.1) is 10.2 Å². The quantitative estimate of drug-likeness (QED) is 0.638. The fraction of sp³-hybridized carbons (Fsp3) is 0. The average Bonchev–Trinajstić information content (AvgIpc) is 2.56. The zero-order valence-electron chi connectivity index (χ0n) is 12.4. The molecule has 0 bridgehead atoms. The zero-order valence-corrected chi connectivity index (χ0v) is 12.4. The van der Waals surface area contributed by atoms with Gasteiger partial charge in [0.2, 0.25) is 0 Å². The summed E-state index contributed by atoms with van der Waals surface area (Å²) in [7, 11) is 0. The second-order valence-electron chi connectivity index (χ2n) is 4.75. The molecule has 0 aliphatic heterocycles. The first-order valence-electron chi connectivity index (χ1n) is 6.99. The lowest BCUT2D eigenvalue weighted by Crippen LogP contribution is -2.23. The number of aromatic nitrogens is 2. The molecule has 24 heavy (non-hydrogen) atoms. The van der Waals surface area contributed by atoms with E-state index in [2.05, 4.69) is 15.2 Å². The van der Waals surface area contributed by atoms with Gasteiger partial charge in [-0.3, -0.25) is 14.8 Å². The van der Waals surface area contributed by atoms with Gasteiger partial charge in [0.05, 0.1) is 0 Å². The van der Waals surface area contributed by atoms with Crippen LogP contribution >= 0.6 is 0 Å². The third-order valence-corrected chi connectivity index (χ3v) is 3.04. The molecule has 0 aliphatic rings. The van der Waals surface area contributed by atoms with Gasteiger partial charge >= 0.3 is 5.69 Å². The first kappa shape index (κ1) is 15.2. The second-order valence-corrected chi connectivity index (χ2v) is 4.75. The summed E-state index contributed by atoms with van der Waals surface area (Å²) in [5.41, 5.74) is 4.39. The number of hydrogen-bond donors (Lipinski definition) is 3. The number of nitrogens with one attached hydrogen (secondary N) is 2. The van der Waals surface area contributed by atoms with Crippen molar-refractivity contribution in [1.29, 1.82) is 0 Å². The molecule has 0 fully saturated rings. The fourth-order valence-corrected chi connectivity index (χ4v) is 1.94. The number of nitrogens with two attached hydrogens (primary N) is 1. The first-order chi connectivity index (χ1) is 11.6. The summed E-state index contributed by atoms with van der Waals surface area (Å²) < 4.78 is 5.75. The summed E-state index contributed by atoms with van der Waals surface area (Å²) in [6, 6.07) is 16.1. The SMILES string of the molecule is Nc1[nH]c(=O)[nH]c(=O)c1N=Nc1ccccc1Oc1ccccc1. The molecule has 0 radical (unpaired) electrons. The van der Waals surface area contributed by atoms with Crippen molar-refractivity contribution in [2.24, 2.45) is 10.2 Å². The Balaban J connectivity index is 1.94. The molecule has 1 aromatic heterocycles. The average molecular weight is 323 g/mol. The molecule has 0 spiro atoms. The lowest BCUT2D eigenvalue weighted by atomic mass is 10.3. The van der Waals surface area contributed by atoms with Crippen molar-refractivity contribution in [3.05, 3.63) is 75.4 Å². The van der Waals surface area contributed by atoms with Crippen LogP contribution in [0.5, 0.6) is 11.5 Å². The van der Waals surface area contributed by atoms with Gasteiger partial charge in [-0.25, -0.2) is 4.79 Å². The molecule has 1 heterocycles. The maximum Gasteiger partial charge on any atom is 0.327 e. The van der Waals surface area contributed by atoms with Crippen LogP contribution in [0.4, 0.5) is 17.2 Å². The zero-order chi connectivity index (χ0) is 16.9. The van der Waals surface area contributed by atoms with Crippen molar-refractivity contribution < 1.29 is 4.74 Å². The molecule has 8 nitrogen and oxygen atoms in total. The number of ether oxygens (including phenoxy) is 1. The molecule has 0 atom stereocenters. The Morgan fingerprint density at radius 2 is 1.58 bits per heavy atom. The number of anilines is 1. The van der Waals surface area contributed by atoms with E-state index in [-0.39, 0.29) is 11.5 Å². The minimum atomic E-state index is -0.721. The first-order valence-corrected chi connectivity index (χ1v) is 6.99. The summed E-state index contributed by atoms with van der Waals surface area (Å²) in [5, 5.41) is 7.83. The van der Waals surface area contributed by atoms with Crippen molar-refractivity contribution in [3.8, 4) is 11.5 Å². The fourth-order valence-electron chi connectivity index (χ4n) is 1.94. The van der Waals surface area contributed by atoms with Gasteiger partial charge in [-0.2, -0.15) is 0 Å². The standard InChI is InChI=1S/C16H13N5O3/c17-14-13(15(22)19-16(23)18-14)21-20-11-8-4-5-9-12(11)24-10-6-2-1-3-7-10/h1-9H,(H4,17,18,19,22,23). The molecule has 2 aromatic carbocycles. The van der Waals surface area contributed by atoms with Crippen LogP contribution < -0.4 is 21.7 Å². The molecule has 8 heteroatoms. The van der Waals surface area contributed by atoms with E-state index in [4.69, 9.17) is 10.5 Å². The number of hydrogen-bond acceptors (Lipinski definition) is 6. The third kappa shape index (κ3) is 3.38. The van der Waals surface area contributed by atoms with E-state index in [1.165, 1.54) is 0 Å². The Hall–Kier alpha value is -3.68. The van der Waals surface area contributed by atoms with Crippen LogP contribution in [0.3, 0.4) is 0 Å². The van der Waals surface area contributed by atoms with Gasteiger partial charge in [0.15, 0.2) is 11.4 Å². The summed E-state index contributed by atoms with van der Waals surface area (Å²) in [4.78, 5) is 27.1. The number of rotatable bonds is 4. The normalized spacial score (nSPS) is 10.8. The Morgan fingerprint density at radius 3 is 2.33 bits per heavy atom. The van der Waals surface area contributed by atoms with E-state index in [1.807, 2.05) is 23.2 Å². The van der Waals surface area contributed by atoms with Crippen molar-refractivity contribution in [1.82, 2.24) is 9.97 Å². The highest BCUT2D eigenvalue weighted by atomic mass is 16.5. The molecule has 4 N–H and O–H groups in total. The van der Waals surface area contributed by atoms with Gasteiger partial charge in [-0.1, -0.05) is 30.3 Å². The summed E-state index contributed by atoms with van der Waals surface area (Å²) >= 11 is 0. The van der Waals surface area contributed by atoms with Crippen molar-refractivity contribution in [2.75, 3.05) is 5.73 Å². The molecule has 0 amide bonds. The topological polar surface area (TPSA) is 126 Å². The predicted molar refractivity (Wildman–Crippen MR) is 89.2 cm³/mol.